The van der Waals surface area contributed by atoms with Crippen molar-refractivity contribution in [3.63, 3.8) is 0 Å². The second-order valence-electron chi connectivity index (χ2n) is 7.25. The molecule has 27 heavy (non-hydrogen) atoms. The highest BCUT2D eigenvalue weighted by Crippen LogP contribution is 2.32. The van der Waals surface area contributed by atoms with Crippen LogP contribution in [-0.4, -0.2) is 47.0 Å². The number of carbonyl (C=O) groups is 1. The Balaban J connectivity index is 1.63. The summed E-state index contributed by atoms with van der Waals surface area (Å²) in [4.78, 5) is 26.1. The summed E-state index contributed by atoms with van der Waals surface area (Å²) in [6.45, 7) is 7.29. The van der Waals surface area contributed by atoms with Gasteiger partial charge in [-0.2, -0.15) is 0 Å². The van der Waals surface area contributed by atoms with Gasteiger partial charge in [-0.1, -0.05) is 31.5 Å². The van der Waals surface area contributed by atoms with Crippen molar-refractivity contribution >= 4 is 11.7 Å². The number of nitrogens with zero attached hydrogens (tertiary/aromatic N) is 4. The van der Waals surface area contributed by atoms with E-state index in [0.717, 1.165) is 73.1 Å². The number of carbonyl (C=O) groups excluding carboxylic acids is 1. The number of hydrogen-bond donors (Lipinski definition) is 0. The predicted molar refractivity (Wildman–Crippen MR) is 104 cm³/mol. The fourth-order valence-corrected chi connectivity index (χ4v) is 3.80. The number of piperazine rings is 1. The van der Waals surface area contributed by atoms with Gasteiger partial charge in [0.25, 0.3) is 0 Å². The van der Waals surface area contributed by atoms with Crippen LogP contribution < -0.4 is 9.64 Å². The van der Waals surface area contributed by atoms with Crippen LogP contribution in [0.15, 0.2) is 24.3 Å². The number of aryl methyl sites for hydroxylation is 1. The van der Waals surface area contributed by atoms with Gasteiger partial charge in [-0.3, -0.25) is 4.79 Å². The summed E-state index contributed by atoms with van der Waals surface area (Å²) in [7, 11) is 0. The Bertz CT molecular complexity index is 852. The molecule has 0 saturated carbocycles. The lowest BCUT2D eigenvalue weighted by atomic mass is 10.0. The number of benzene rings is 1. The molecular formula is C21H26N4O2. The molecule has 3 heterocycles. The molecule has 2 aromatic rings. The van der Waals surface area contributed by atoms with Crippen LogP contribution >= 0.6 is 0 Å². The van der Waals surface area contributed by atoms with Gasteiger partial charge >= 0.3 is 0 Å². The second kappa shape index (κ2) is 7.55. The van der Waals surface area contributed by atoms with Crippen molar-refractivity contribution in [1.82, 2.24) is 14.9 Å². The number of hydrogen-bond acceptors (Lipinski definition) is 5. The number of fused-ring (bicyclic) bond motifs is 2. The molecule has 6 heteroatoms. The molecule has 0 atom stereocenters. The Morgan fingerprint density at radius 1 is 1.19 bits per heavy atom. The van der Waals surface area contributed by atoms with E-state index < -0.39 is 0 Å². The SMILES string of the molecule is CCCCN1CCN(c2nc(C)nc3c2Cc2ccccc2OC3)CC1=O. The zero-order valence-electron chi connectivity index (χ0n) is 16.1. The molecule has 1 fully saturated rings. The third kappa shape index (κ3) is 3.61. The Hall–Kier alpha value is -2.63. The molecule has 6 nitrogen and oxygen atoms in total. The first kappa shape index (κ1) is 17.8. The molecule has 2 aliphatic heterocycles. The van der Waals surface area contributed by atoms with Crippen molar-refractivity contribution in [2.24, 2.45) is 0 Å². The lowest BCUT2D eigenvalue weighted by molar-refractivity contribution is -0.131. The number of anilines is 1. The Morgan fingerprint density at radius 3 is 2.85 bits per heavy atom. The normalized spacial score (nSPS) is 16.4. The minimum Gasteiger partial charge on any atom is -0.487 e. The zero-order chi connectivity index (χ0) is 18.8. The molecular weight excluding hydrogens is 340 g/mol. The molecule has 1 aromatic carbocycles. The highest BCUT2D eigenvalue weighted by molar-refractivity contribution is 5.82. The van der Waals surface area contributed by atoms with Gasteiger partial charge in [-0.05, 0) is 25.0 Å². The van der Waals surface area contributed by atoms with Gasteiger partial charge in [0.05, 0.1) is 12.2 Å². The molecule has 0 spiro atoms. The largest absolute Gasteiger partial charge is 0.487 e. The van der Waals surface area contributed by atoms with Gasteiger partial charge in [-0.15, -0.1) is 0 Å². The summed E-state index contributed by atoms with van der Waals surface area (Å²) >= 11 is 0. The van der Waals surface area contributed by atoms with Gasteiger partial charge < -0.3 is 14.5 Å². The molecule has 0 bridgehead atoms. The summed E-state index contributed by atoms with van der Waals surface area (Å²) in [5.74, 6) is 2.70. The summed E-state index contributed by atoms with van der Waals surface area (Å²) < 4.78 is 5.97. The number of amides is 1. The lowest BCUT2D eigenvalue weighted by Crippen LogP contribution is -2.51. The molecule has 0 N–H and O–H groups in total. The fourth-order valence-electron chi connectivity index (χ4n) is 3.80. The highest BCUT2D eigenvalue weighted by atomic mass is 16.5. The zero-order valence-corrected chi connectivity index (χ0v) is 16.1. The number of rotatable bonds is 4. The van der Waals surface area contributed by atoms with Crippen LogP contribution in [0.25, 0.3) is 0 Å². The minimum atomic E-state index is 0.185. The molecule has 1 aromatic heterocycles. The molecule has 0 aliphatic carbocycles. The number of para-hydroxylation sites is 1. The Kier molecular flexibility index (Phi) is 4.97. The van der Waals surface area contributed by atoms with Crippen molar-refractivity contribution in [2.45, 2.75) is 39.7 Å². The smallest absolute Gasteiger partial charge is 0.242 e. The van der Waals surface area contributed by atoms with E-state index in [1.807, 2.05) is 30.0 Å². The van der Waals surface area contributed by atoms with Gasteiger partial charge in [0.1, 0.15) is 24.0 Å². The third-order valence-corrected chi connectivity index (χ3v) is 5.29. The van der Waals surface area contributed by atoms with Crippen LogP contribution in [0.2, 0.25) is 0 Å². The highest BCUT2D eigenvalue weighted by Gasteiger charge is 2.28. The van der Waals surface area contributed by atoms with Crippen LogP contribution in [0.1, 0.15) is 42.4 Å². The molecule has 0 unspecified atom stereocenters. The quantitative estimate of drug-likeness (QED) is 0.833. The minimum absolute atomic E-state index is 0.185. The van der Waals surface area contributed by atoms with Crippen LogP contribution in [0, 0.1) is 6.92 Å². The molecule has 4 rings (SSSR count). The average molecular weight is 366 g/mol. The van der Waals surface area contributed by atoms with E-state index in [1.165, 1.54) is 0 Å². The third-order valence-electron chi connectivity index (χ3n) is 5.29. The van der Waals surface area contributed by atoms with Gasteiger partial charge in [-0.25, -0.2) is 9.97 Å². The average Bonchev–Trinajstić information content (AvgIpc) is 2.86. The van der Waals surface area contributed by atoms with E-state index in [-0.39, 0.29) is 5.91 Å². The van der Waals surface area contributed by atoms with Crippen LogP contribution in [0.3, 0.4) is 0 Å². The second-order valence-corrected chi connectivity index (χ2v) is 7.25. The van der Waals surface area contributed by atoms with Crippen molar-refractivity contribution in [1.29, 1.82) is 0 Å². The molecule has 0 radical (unpaired) electrons. The lowest BCUT2D eigenvalue weighted by Gasteiger charge is -2.36. The van der Waals surface area contributed by atoms with E-state index in [9.17, 15) is 4.79 Å². The van der Waals surface area contributed by atoms with Gasteiger partial charge in [0.2, 0.25) is 5.91 Å². The number of aromatic nitrogens is 2. The maximum atomic E-state index is 12.6. The summed E-state index contributed by atoms with van der Waals surface area (Å²) in [5, 5.41) is 0. The first-order valence-corrected chi connectivity index (χ1v) is 9.75. The molecule has 2 aliphatic rings. The summed E-state index contributed by atoms with van der Waals surface area (Å²) in [5.41, 5.74) is 3.15. The topological polar surface area (TPSA) is 58.6 Å². The van der Waals surface area contributed by atoms with Crippen molar-refractivity contribution < 1.29 is 9.53 Å². The number of ether oxygens (including phenoxy) is 1. The maximum absolute atomic E-state index is 12.6. The molecule has 1 amide bonds. The van der Waals surface area contributed by atoms with Crippen molar-refractivity contribution in [3.8, 4) is 5.75 Å². The monoisotopic (exact) mass is 366 g/mol. The maximum Gasteiger partial charge on any atom is 0.242 e. The van der Waals surface area contributed by atoms with Crippen LogP contribution in [0.4, 0.5) is 5.82 Å². The molecule has 142 valence electrons. The first-order valence-electron chi connectivity index (χ1n) is 9.75. The van der Waals surface area contributed by atoms with E-state index in [0.29, 0.717) is 13.2 Å². The van der Waals surface area contributed by atoms with E-state index in [4.69, 9.17) is 9.72 Å². The fraction of sp³-hybridized carbons (Fsp3) is 0.476. The number of unbranched alkanes of at least 4 members (excludes halogenated alkanes) is 1. The van der Waals surface area contributed by atoms with Crippen LogP contribution in [-0.2, 0) is 17.8 Å². The van der Waals surface area contributed by atoms with E-state index in [1.54, 1.807) is 0 Å². The van der Waals surface area contributed by atoms with E-state index >= 15 is 0 Å². The van der Waals surface area contributed by atoms with Gasteiger partial charge in [0, 0.05) is 31.6 Å². The summed E-state index contributed by atoms with van der Waals surface area (Å²) in [6, 6.07) is 8.10. The Labute approximate surface area is 160 Å². The molecule has 1 saturated heterocycles. The van der Waals surface area contributed by atoms with Crippen molar-refractivity contribution in [3.05, 3.63) is 46.9 Å². The summed E-state index contributed by atoms with van der Waals surface area (Å²) in [6.07, 6.45) is 2.89. The first-order chi connectivity index (χ1) is 13.2. The standard InChI is InChI=1S/C21H26N4O2/c1-3-4-9-24-10-11-25(13-20(24)26)21-17-12-16-7-5-6-8-19(16)27-14-18(17)22-15(2)23-21/h5-8H,3-4,9-14H2,1-2H3. The Morgan fingerprint density at radius 2 is 2.04 bits per heavy atom. The van der Waals surface area contributed by atoms with Crippen molar-refractivity contribution in [2.75, 3.05) is 31.1 Å². The van der Waals surface area contributed by atoms with Gasteiger partial charge in [0.15, 0.2) is 0 Å². The van der Waals surface area contributed by atoms with Crippen LogP contribution in [0.5, 0.6) is 5.75 Å². The van der Waals surface area contributed by atoms with E-state index in [2.05, 4.69) is 22.9 Å². The predicted octanol–water partition coefficient (Wildman–Crippen LogP) is 2.72.